The van der Waals surface area contributed by atoms with Crippen molar-refractivity contribution < 1.29 is 19.1 Å². The van der Waals surface area contributed by atoms with Gasteiger partial charge in [-0.05, 0) is 12.1 Å². The number of benzene rings is 1. The number of esters is 1. The SMILES string of the molecule is N=C(N)c1cccc(NC(=O)CCC(=O)NC2COC(=O)C2)c1. The molecule has 0 spiro atoms. The van der Waals surface area contributed by atoms with Crippen molar-refractivity contribution in [2.45, 2.75) is 25.3 Å². The van der Waals surface area contributed by atoms with E-state index in [1.54, 1.807) is 24.3 Å². The van der Waals surface area contributed by atoms with Crippen molar-refractivity contribution in [2.24, 2.45) is 5.73 Å². The lowest BCUT2D eigenvalue weighted by molar-refractivity contribution is -0.138. The number of carbonyl (C=O) groups excluding carboxylic acids is 3. The maximum atomic E-state index is 11.8. The average molecular weight is 318 g/mol. The lowest BCUT2D eigenvalue weighted by Crippen LogP contribution is -2.35. The number of amidine groups is 1. The number of nitrogens with one attached hydrogen (secondary N) is 3. The highest BCUT2D eigenvalue weighted by molar-refractivity contribution is 5.98. The second kappa shape index (κ2) is 7.39. The van der Waals surface area contributed by atoms with Gasteiger partial charge in [0, 0.05) is 24.1 Å². The molecule has 5 N–H and O–H groups in total. The first kappa shape index (κ1) is 16.5. The van der Waals surface area contributed by atoms with E-state index in [9.17, 15) is 14.4 Å². The minimum absolute atomic E-state index is 0.0116. The van der Waals surface area contributed by atoms with E-state index >= 15 is 0 Å². The van der Waals surface area contributed by atoms with Gasteiger partial charge in [0.2, 0.25) is 11.8 Å². The second-order valence-electron chi connectivity index (χ2n) is 5.19. The number of anilines is 1. The Kier molecular flexibility index (Phi) is 5.29. The van der Waals surface area contributed by atoms with Crippen molar-refractivity contribution in [3.63, 3.8) is 0 Å². The van der Waals surface area contributed by atoms with Crippen LogP contribution in [0.15, 0.2) is 24.3 Å². The summed E-state index contributed by atoms with van der Waals surface area (Å²) in [6, 6.07) is 6.28. The quantitative estimate of drug-likeness (QED) is 0.336. The average Bonchev–Trinajstić information content (AvgIpc) is 2.90. The molecule has 8 nitrogen and oxygen atoms in total. The van der Waals surface area contributed by atoms with Crippen molar-refractivity contribution in [1.29, 1.82) is 5.41 Å². The van der Waals surface area contributed by atoms with Gasteiger partial charge in [0.05, 0.1) is 12.5 Å². The van der Waals surface area contributed by atoms with Crippen LogP contribution in [0.2, 0.25) is 0 Å². The Morgan fingerprint density at radius 3 is 2.70 bits per heavy atom. The minimum atomic E-state index is -0.335. The Morgan fingerprint density at radius 1 is 1.30 bits per heavy atom. The third-order valence-electron chi connectivity index (χ3n) is 3.26. The van der Waals surface area contributed by atoms with Gasteiger partial charge in [-0.1, -0.05) is 12.1 Å². The lowest BCUT2D eigenvalue weighted by Gasteiger charge is -2.10. The minimum Gasteiger partial charge on any atom is -0.463 e. The first-order valence-corrected chi connectivity index (χ1v) is 7.13. The summed E-state index contributed by atoms with van der Waals surface area (Å²) in [5.41, 5.74) is 6.40. The third kappa shape index (κ3) is 5.10. The van der Waals surface area contributed by atoms with Crippen LogP contribution < -0.4 is 16.4 Å². The molecule has 0 aliphatic carbocycles. The number of hydrogen-bond acceptors (Lipinski definition) is 5. The van der Waals surface area contributed by atoms with Crippen LogP contribution in [0.4, 0.5) is 5.69 Å². The molecule has 1 saturated heterocycles. The molecule has 23 heavy (non-hydrogen) atoms. The summed E-state index contributed by atoms with van der Waals surface area (Å²) in [4.78, 5) is 34.5. The molecule has 1 aliphatic heterocycles. The van der Waals surface area contributed by atoms with Crippen LogP contribution in [-0.2, 0) is 19.1 Å². The van der Waals surface area contributed by atoms with Crippen molar-refractivity contribution in [3.8, 4) is 0 Å². The van der Waals surface area contributed by atoms with E-state index in [2.05, 4.69) is 10.6 Å². The summed E-state index contributed by atoms with van der Waals surface area (Å²) in [7, 11) is 0. The summed E-state index contributed by atoms with van der Waals surface area (Å²) >= 11 is 0. The van der Waals surface area contributed by atoms with Crippen molar-refractivity contribution >= 4 is 29.3 Å². The van der Waals surface area contributed by atoms with E-state index in [0.29, 0.717) is 11.3 Å². The summed E-state index contributed by atoms with van der Waals surface area (Å²) in [5, 5.41) is 12.6. The maximum absolute atomic E-state index is 11.8. The van der Waals surface area contributed by atoms with Gasteiger partial charge in [0.25, 0.3) is 0 Å². The van der Waals surface area contributed by atoms with Gasteiger partial charge in [-0.25, -0.2) is 0 Å². The number of nitrogens with two attached hydrogens (primary N) is 1. The van der Waals surface area contributed by atoms with Gasteiger partial charge < -0.3 is 21.1 Å². The number of amides is 2. The molecule has 1 fully saturated rings. The predicted octanol–water partition coefficient (Wildman–Crippen LogP) is 0.121. The van der Waals surface area contributed by atoms with Crippen LogP contribution in [0, 0.1) is 5.41 Å². The highest BCUT2D eigenvalue weighted by atomic mass is 16.5. The molecule has 0 bridgehead atoms. The van der Waals surface area contributed by atoms with E-state index < -0.39 is 0 Å². The second-order valence-corrected chi connectivity index (χ2v) is 5.19. The number of cyclic esters (lactones) is 1. The fraction of sp³-hybridized carbons (Fsp3) is 0.333. The van der Waals surface area contributed by atoms with E-state index in [1.165, 1.54) is 0 Å². The Labute approximate surface area is 132 Å². The van der Waals surface area contributed by atoms with Gasteiger partial charge in [-0.2, -0.15) is 0 Å². The molecule has 1 heterocycles. The molecule has 8 heteroatoms. The van der Waals surface area contributed by atoms with E-state index in [4.69, 9.17) is 15.9 Å². The molecule has 2 rings (SSSR count). The predicted molar refractivity (Wildman–Crippen MR) is 82.8 cm³/mol. The smallest absolute Gasteiger partial charge is 0.308 e. The zero-order valence-corrected chi connectivity index (χ0v) is 12.4. The third-order valence-corrected chi connectivity index (χ3v) is 3.26. The molecule has 0 radical (unpaired) electrons. The summed E-state index contributed by atoms with van der Waals surface area (Å²) in [6.45, 7) is 0.175. The van der Waals surface area contributed by atoms with Crippen LogP contribution >= 0.6 is 0 Å². The molecule has 1 unspecified atom stereocenters. The standard InChI is InChI=1S/C15H18N4O4/c16-15(17)9-2-1-3-10(6-9)18-12(20)4-5-13(21)19-11-7-14(22)23-8-11/h1-3,6,11H,4-5,7-8H2,(H3,16,17)(H,18,20)(H,19,21). The molecular weight excluding hydrogens is 300 g/mol. The summed E-state index contributed by atoms with van der Waals surface area (Å²) in [6.07, 6.45) is 0.191. The first-order chi connectivity index (χ1) is 10.9. The van der Waals surface area contributed by atoms with Crippen LogP contribution in [0.5, 0.6) is 0 Å². The Hall–Kier alpha value is -2.90. The largest absolute Gasteiger partial charge is 0.463 e. The van der Waals surface area contributed by atoms with Gasteiger partial charge in [-0.15, -0.1) is 0 Å². The van der Waals surface area contributed by atoms with Gasteiger partial charge in [0.1, 0.15) is 12.4 Å². The van der Waals surface area contributed by atoms with Gasteiger partial charge in [0.15, 0.2) is 0 Å². The molecular formula is C15H18N4O4. The number of ether oxygens (including phenoxy) is 1. The molecule has 1 aromatic rings. The molecule has 1 aromatic carbocycles. The zero-order chi connectivity index (χ0) is 16.8. The Morgan fingerprint density at radius 2 is 2.04 bits per heavy atom. The van der Waals surface area contributed by atoms with Crippen LogP contribution in [0.3, 0.4) is 0 Å². The molecule has 0 saturated carbocycles. The fourth-order valence-corrected chi connectivity index (χ4v) is 2.12. The number of hydrogen-bond donors (Lipinski definition) is 4. The molecule has 122 valence electrons. The summed E-state index contributed by atoms with van der Waals surface area (Å²) in [5.74, 6) is -1.05. The Balaban J connectivity index is 1.76. The highest BCUT2D eigenvalue weighted by Gasteiger charge is 2.25. The van der Waals surface area contributed by atoms with Crippen LogP contribution in [0.1, 0.15) is 24.8 Å². The monoisotopic (exact) mass is 318 g/mol. The topological polar surface area (TPSA) is 134 Å². The van der Waals surface area contributed by atoms with E-state index in [1.807, 2.05) is 0 Å². The number of rotatable bonds is 6. The maximum Gasteiger partial charge on any atom is 0.308 e. The molecule has 2 amide bonds. The number of nitrogen functional groups attached to an aromatic ring is 1. The Bertz CT molecular complexity index is 644. The van der Waals surface area contributed by atoms with Gasteiger partial charge >= 0.3 is 5.97 Å². The molecule has 1 atom stereocenters. The number of carbonyl (C=O) groups is 3. The van der Waals surface area contributed by atoms with Gasteiger partial charge in [-0.3, -0.25) is 19.8 Å². The van der Waals surface area contributed by atoms with Crippen molar-refractivity contribution in [2.75, 3.05) is 11.9 Å². The normalized spacial score (nSPS) is 16.5. The van der Waals surface area contributed by atoms with Crippen LogP contribution in [-0.4, -0.2) is 36.3 Å². The lowest BCUT2D eigenvalue weighted by atomic mass is 10.2. The van der Waals surface area contributed by atoms with E-state index in [0.717, 1.165) is 0 Å². The molecule has 1 aliphatic rings. The first-order valence-electron chi connectivity index (χ1n) is 7.13. The zero-order valence-electron chi connectivity index (χ0n) is 12.4. The highest BCUT2D eigenvalue weighted by Crippen LogP contribution is 2.11. The van der Waals surface area contributed by atoms with Crippen LogP contribution in [0.25, 0.3) is 0 Å². The van der Waals surface area contributed by atoms with Crippen molar-refractivity contribution in [1.82, 2.24) is 5.32 Å². The molecule has 0 aromatic heterocycles. The fourth-order valence-electron chi connectivity index (χ4n) is 2.12. The van der Waals surface area contributed by atoms with E-state index in [-0.39, 0.29) is 55.5 Å². The summed E-state index contributed by atoms with van der Waals surface area (Å²) < 4.78 is 4.74. The van der Waals surface area contributed by atoms with Crippen molar-refractivity contribution in [3.05, 3.63) is 29.8 Å².